The quantitative estimate of drug-likeness (QED) is 0.616. The summed E-state index contributed by atoms with van der Waals surface area (Å²) in [7, 11) is -3.83. The average Bonchev–Trinajstić information content (AvgIpc) is 2.75. The van der Waals surface area contributed by atoms with Crippen LogP contribution >= 0.6 is 0 Å². The highest BCUT2D eigenvalue weighted by atomic mass is 32.2. The number of hydrazone groups is 1. The lowest BCUT2D eigenvalue weighted by atomic mass is 10.0. The third-order valence-corrected chi connectivity index (χ3v) is 6.60. The Labute approximate surface area is 171 Å². The van der Waals surface area contributed by atoms with Crippen molar-refractivity contribution < 1.29 is 8.42 Å². The normalized spacial score (nSPS) is 16.6. The summed E-state index contributed by atoms with van der Waals surface area (Å²) < 4.78 is 28.2. The Balaban J connectivity index is 1.82. The lowest BCUT2D eigenvalue weighted by Crippen LogP contribution is -2.33. The van der Waals surface area contributed by atoms with Crippen molar-refractivity contribution in [1.29, 1.82) is 0 Å². The molecular formula is C24H22N2O2S. The third kappa shape index (κ3) is 3.87. The molecule has 1 aliphatic heterocycles. The molecule has 29 heavy (non-hydrogen) atoms. The largest absolute Gasteiger partial charge is 0.279 e. The summed E-state index contributed by atoms with van der Waals surface area (Å²) in [5.74, 6) is 0. The second kappa shape index (κ2) is 7.68. The van der Waals surface area contributed by atoms with E-state index in [0.717, 1.165) is 22.3 Å². The molecule has 3 aromatic rings. The molecule has 4 rings (SSSR count). The van der Waals surface area contributed by atoms with Gasteiger partial charge in [-0.1, -0.05) is 83.9 Å². The van der Waals surface area contributed by atoms with Crippen molar-refractivity contribution in [2.24, 2.45) is 5.10 Å². The van der Waals surface area contributed by atoms with Crippen LogP contribution in [0.15, 0.2) is 101 Å². The molecule has 3 aromatic carbocycles. The monoisotopic (exact) mass is 402 g/mol. The van der Waals surface area contributed by atoms with Crippen LogP contribution in [0.3, 0.4) is 0 Å². The van der Waals surface area contributed by atoms with E-state index in [-0.39, 0.29) is 4.90 Å². The van der Waals surface area contributed by atoms with Crippen molar-refractivity contribution in [3.63, 3.8) is 0 Å². The number of hydrogen-bond acceptors (Lipinski definition) is 3. The molecule has 4 nitrogen and oxygen atoms in total. The van der Waals surface area contributed by atoms with E-state index in [1.165, 1.54) is 4.41 Å². The maximum absolute atomic E-state index is 13.5. The van der Waals surface area contributed by atoms with Gasteiger partial charge in [-0.25, -0.2) is 0 Å². The molecule has 0 spiro atoms. The third-order valence-electron chi connectivity index (χ3n) is 4.93. The van der Waals surface area contributed by atoms with Crippen molar-refractivity contribution in [1.82, 2.24) is 4.41 Å². The molecule has 5 heteroatoms. The van der Waals surface area contributed by atoms with Gasteiger partial charge in [-0.2, -0.15) is 17.9 Å². The predicted molar refractivity (Wildman–Crippen MR) is 116 cm³/mol. The SMILES string of the molecule is Cc1ccc(C2=NN(S(=O)(=O)c3ccc(C)cc3)C(c3ccccc3)C=C2)cc1. The van der Waals surface area contributed by atoms with E-state index in [1.54, 1.807) is 24.3 Å². The van der Waals surface area contributed by atoms with Gasteiger partial charge < -0.3 is 0 Å². The van der Waals surface area contributed by atoms with Gasteiger partial charge in [-0.3, -0.25) is 0 Å². The summed E-state index contributed by atoms with van der Waals surface area (Å²) in [4.78, 5) is 0.228. The maximum Gasteiger partial charge on any atom is 0.279 e. The Kier molecular flexibility index (Phi) is 5.07. The van der Waals surface area contributed by atoms with Crippen LogP contribution in [0.1, 0.15) is 28.3 Å². The van der Waals surface area contributed by atoms with E-state index in [1.807, 2.05) is 80.6 Å². The second-order valence-corrected chi connectivity index (χ2v) is 8.95. The maximum atomic E-state index is 13.5. The Morgan fingerprint density at radius 1 is 0.793 bits per heavy atom. The van der Waals surface area contributed by atoms with Crippen LogP contribution in [0, 0.1) is 13.8 Å². The fourth-order valence-electron chi connectivity index (χ4n) is 3.25. The predicted octanol–water partition coefficient (Wildman–Crippen LogP) is 5.01. The van der Waals surface area contributed by atoms with Crippen molar-refractivity contribution >= 4 is 15.7 Å². The summed E-state index contributed by atoms with van der Waals surface area (Å²) in [6.45, 7) is 3.95. The zero-order valence-electron chi connectivity index (χ0n) is 16.4. The summed E-state index contributed by atoms with van der Waals surface area (Å²) >= 11 is 0. The molecule has 1 atom stereocenters. The van der Waals surface area contributed by atoms with Gasteiger partial charge in [0.2, 0.25) is 0 Å². The highest BCUT2D eigenvalue weighted by molar-refractivity contribution is 7.89. The average molecular weight is 403 g/mol. The molecule has 0 fully saturated rings. The van der Waals surface area contributed by atoms with Gasteiger partial charge in [0, 0.05) is 5.56 Å². The van der Waals surface area contributed by atoms with Crippen molar-refractivity contribution in [3.8, 4) is 0 Å². The molecule has 0 saturated heterocycles. The molecule has 0 radical (unpaired) electrons. The number of allylic oxidation sites excluding steroid dienone is 1. The number of benzene rings is 3. The summed E-state index contributed by atoms with van der Waals surface area (Å²) in [6.07, 6.45) is 3.78. The molecule has 1 heterocycles. The minimum absolute atomic E-state index is 0.228. The molecule has 0 bridgehead atoms. The van der Waals surface area contributed by atoms with Crippen LogP contribution in [0.5, 0.6) is 0 Å². The van der Waals surface area contributed by atoms with Crippen LogP contribution < -0.4 is 0 Å². The molecule has 0 amide bonds. The van der Waals surface area contributed by atoms with Crippen LogP contribution in [0.2, 0.25) is 0 Å². The first-order chi connectivity index (χ1) is 13.9. The van der Waals surface area contributed by atoms with Crippen LogP contribution in [-0.2, 0) is 10.0 Å². The van der Waals surface area contributed by atoms with E-state index in [9.17, 15) is 8.42 Å². The lowest BCUT2D eigenvalue weighted by Gasteiger charge is -2.30. The van der Waals surface area contributed by atoms with Gasteiger partial charge in [0.05, 0.1) is 10.6 Å². The molecule has 1 aliphatic rings. The highest BCUT2D eigenvalue weighted by Gasteiger charge is 2.32. The molecule has 146 valence electrons. The molecule has 0 aliphatic carbocycles. The Bertz CT molecular complexity index is 1160. The zero-order valence-corrected chi connectivity index (χ0v) is 17.2. The fraction of sp³-hybridized carbons (Fsp3) is 0.125. The summed E-state index contributed by atoms with van der Waals surface area (Å²) in [6, 6.07) is 23.8. The lowest BCUT2D eigenvalue weighted by molar-refractivity contribution is 0.381. The number of hydrogen-bond donors (Lipinski definition) is 0. The molecule has 0 saturated carbocycles. The Hall–Kier alpha value is -3.18. The molecular weight excluding hydrogens is 380 g/mol. The van der Waals surface area contributed by atoms with Crippen LogP contribution in [0.4, 0.5) is 0 Å². The minimum Gasteiger partial charge on any atom is -0.200 e. The Morgan fingerprint density at radius 3 is 2.00 bits per heavy atom. The number of aryl methyl sites for hydroxylation is 2. The number of nitrogens with zero attached hydrogens (tertiary/aromatic N) is 2. The smallest absolute Gasteiger partial charge is 0.200 e. The summed E-state index contributed by atoms with van der Waals surface area (Å²) in [5, 5.41) is 4.59. The van der Waals surface area contributed by atoms with Gasteiger partial charge in [0.25, 0.3) is 10.0 Å². The van der Waals surface area contributed by atoms with Gasteiger partial charge in [0.15, 0.2) is 0 Å². The summed E-state index contributed by atoms with van der Waals surface area (Å²) in [5.41, 5.74) is 4.51. The van der Waals surface area contributed by atoms with E-state index in [4.69, 9.17) is 0 Å². The van der Waals surface area contributed by atoms with Crippen LogP contribution in [-0.4, -0.2) is 18.5 Å². The topological polar surface area (TPSA) is 49.7 Å². The minimum atomic E-state index is -3.83. The standard InChI is InChI=1S/C24H22N2O2S/c1-18-8-12-20(13-9-18)23-16-17-24(21-6-4-3-5-7-21)26(25-23)29(27,28)22-14-10-19(2)11-15-22/h3-17,24H,1-2H3. The van der Waals surface area contributed by atoms with Gasteiger partial charge in [0.1, 0.15) is 6.04 Å². The number of sulfonamides is 1. The van der Waals surface area contributed by atoms with E-state index >= 15 is 0 Å². The first kappa shape index (κ1) is 19.2. The first-order valence-corrected chi connectivity index (χ1v) is 10.9. The highest BCUT2D eigenvalue weighted by Crippen LogP contribution is 2.32. The van der Waals surface area contributed by atoms with Crippen molar-refractivity contribution in [2.75, 3.05) is 0 Å². The van der Waals surface area contributed by atoms with Gasteiger partial charge in [-0.05, 0) is 37.6 Å². The molecule has 0 N–H and O–H groups in total. The van der Waals surface area contributed by atoms with E-state index in [0.29, 0.717) is 5.71 Å². The zero-order chi connectivity index (χ0) is 20.4. The fourth-order valence-corrected chi connectivity index (χ4v) is 4.63. The van der Waals surface area contributed by atoms with E-state index in [2.05, 4.69) is 5.10 Å². The molecule has 0 aromatic heterocycles. The molecule has 1 unspecified atom stereocenters. The van der Waals surface area contributed by atoms with Gasteiger partial charge in [-0.15, -0.1) is 0 Å². The second-order valence-electron chi connectivity index (χ2n) is 7.16. The first-order valence-electron chi connectivity index (χ1n) is 9.45. The van der Waals surface area contributed by atoms with Crippen molar-refractivity contribution in [2.45, 2.75) is 24.8 Å². The van der Waals surface area contributed by atoms with E-state index < -0.39 is 16.1 Å². The number of rotatable bonds is 4. The Morgan fingerprint density at radius 2 is 1.38 bits per heavy atom. The van der Waals surface area contributed by atoms with Gasteiger partial charge >= 0.3 is 0 Å². The van der Waals surface area contributed by atoms with Crippen molar-refractivity contribution in [3.05, 3.63) is 113 Å². The van der Waals surface area contributed by atoms with Crippen LogP contribution in [0.25, 0.3) is 0 Å².